The number of ether oxygens (including phenoxy) is 1. The second kappa shape index (κ2) is 7.59. The molecule has 0 saturated carbocycles. The van der Waals surface area contributed by atoms with Crippen LogP contribution in [0, 0.1) is 0 Å². The topological polar surface area (TPSA) is 63.2 Å². The molecule has 5 nitrogen and oxygen atoms in total. The maximum absolute atomic E-state index is 11.5. The lowest BCUT2D eigenvalue weighted by molar-refractivity contribution is 0.0523. The molecule has 1 heterocycles. The molecule has 6 heteroatoms. The average Bonchev–Trinajstić information content (AvgIpc) is 2.85. The van der Waals surface area contributed by atoms with Gasteiger partial charge in [0.15, 0.2) is 0 Å². The van der Waals surface area contributed by atoms with Crippen LogP contribution in [0.1, 0.15) is 45.5 Å². The summed E-state index contributed by atoms with van der Waals surface area (Å²) in [6, 6.07) is 0.185. The van der Waals surface area contributed by atoms with Crippen molar-refractivity contribution < 1.29 is 9.53 Å². The van der Waals surface area contributed by atoms with Gasteiger partial charge in [-0.3, -0.25) is 0 Å². The fraction of sp³-hybridized carbons (Fsp3) is 0.714. The first-order chi connectivity index (χ1) is 9.28. The monoisotopic (exact) mass is 299 g/mol. The third kappa shape index (κ3) is 6.86. The van der Waals surface area contributed by atoms with E-state index < -0.39 is 5.60 Å². The van der Waals surface area contributed by atoms with E-state index in [-0.39, 0.29) is 12.1 Å². The lowest BCUT2D eigenvalue weighted by Crippen LogP contribution is -2.42. The van der Waals surface area contributed by atoms with Crippen molar-refractivity contribution in [3.05, 3.63) is 16.6 Å². The lowest BCUT2D eigenvalue weighted by atomic mass is 10.2. The third-order valence-corrected chi connectivity index (χ3v) is 3.60. The fourth-order valence-electron chi connectivity index (χ4n) is 1.57. The normalized spacial score (nSPS) is 14.7. The first-order valence-corrected chi connectivity index (χ1v) is 7.75. The molecule has 0 aliphatic carbocycles. The summed E-state index contributed by atoms with van der Waals surface area (Å²) in [5.41, 5.74) is -0.458. The van der Waals surface area contributed by atoms with Crippen LogP contribution in [-0.2, 0) is 4.74 Å². The van der Waals surface area contributed by atoms with E-state index in [1.807, 2.05) is 39.3 Å². The van der Waals surface area contributed by atoms with Crippen LogP contribution in [0.4, 0.5) is 4.79 Å². The SMILES string of the molecule is CC(CNC(=O)OC(C)(C)C)NCC(C)c1nccs1. The van der Waals surface area contributed by atoms with Crippen molar-refractivity contribution in [2.45, 2.75) is 52.2 Å². The molecule has 2 N–H and O–H groups in total. The van der Waals surface area contributed by atoms with Crippen molar-refractivity contribution in [1.29, 1.82) is 0 Å². The molecular weight excluding hydrogens is 274 g/mol. The second-order valence-electron chi connectivity index (χ2n) is 5.96. The summed E-state index contributed by atoms with van der Waals surface area (Å²) in [6.07, 6.45) is 1.45. The first kappa shape index (κ1) is 16.9. The molecule has 0 radical (unpaired) electrons. The van der Waals surface area contributed by atoms with Gasteiger partial charge in [-0.25, -0.2) is 9.78 Å². The Hall–Kier alpha value is -1.14. The van der Waals surface area contributed by atoms with E-state index in [0.717, 1.165) is 11.6 Å². The number of hydrogen-bond donors (Lipinski definition) is 2. The van der Waals surface area contributed by atoms with E-state index in [2.05, 4.69) is 22.5 Å². The summed E-state index contributed by atoms with van der Waals surface area (Å²) >= 11 is 1.67. The third-order valence-electron chi connectivity index (χ3n) is 2.60. The van der Waals surface area contributed by atoms with Crippen molar-refractivity contribution in [3.8, 4) is 0 Å². The highest BCUT2D eigenvalue weighted by Crippen LogP contribution is 2.16. The van der Waals surface area contributed by atoms with E-state index in [9.17, 15) is 4.79 Å². The Labute approximate surface area is 125 Å². The Morgan fingerprint density at radius 2 is 2.10 bits per heavy atom. The Balaban J connectivity index is 2.20. The summed E-state index contributed by atoms with van der Waals surface area (Å²) < 4.78 is 5.19. The number of rotatable bonds is 6. The van der Waals surface area contributed by atoms with E-state index in [1.165, 1.54) is 0 Å². The van der Waals surface area contributed by atoms with Crippen molar-refractivity contribution in [2.24, 2.45) is 0 Å². The number of carbonyl (C=O) groups is 1. The van der Waals surface area contributed by atoms with Gasteiger partial charge in [0.05, 0.1) is 5.01 Å². The van der Waals surface area contributed by atoms with Gasteiger partial charge >= 0.3 is 6.09 Å². The molecule has 2 atom stereocenters. The fourth-order valence-corrected chi connectivity index (χ4v) is 2.26. The molecule has 2 unspecified atom stereocenters. The standard InChI is InChI=1S/C14H25N3O2S/c1-10(12-15-6-7-20-12)8-16-11(2)9-17-13(18)19-14(3,4)5/h6-7,10-11,16H,8-9H2,1-5H3,(H,17,18). The lowest BCUT2D eigenvalue weighted by Gasteiger charge is -2.21. The molecule has 0 aliphatic heterocycles. The molecule has 114 valence electrons. The number of alkyl carbamates (subject to hydrolysis) is 1. The molecule has 1 aromatic rings. The molecule has 0 saturated heterocycles. The zero-order valence-electron chi connectivity index (χ0n) is 12.9. The van der Waals surface area contributed by atoms with Gasteiger partial charge in [0.1, 0.15) is 5.60 Å². The van der Waals surface area contributed by atoms with E-state index >= 15 is 0 Å². The van der Waals surface area contributed by atoms with Gasteiger partial charge in [-0.05, 0) is 27.7 Å². The maximum atomic E-state index is 11.5. The molecule has 1 rings (SSSR count). The van der Waals surface area contributed by atoms with Crippen molar-refractivity contribution in [3.63, 3.8) is 0 Å². The summed E-state index contributed by atoms with van der Waals surface area (Å²) in [5.74, 6) is 0.374. The van der Waals surface area contributed by atoms with Gasteiger partial charge in [-0.1, -0.05) is 6.92 Å². The summed E-state index contributed by atoms with van der Waals surface area (Å²) in [5, 5.41) is 9.26. The number of hydrogen-bond acceptors (Lipinski definition) is 5. The van der Waals surface area contributed by atoms with Crippen LogP contribution in [0.25, 0.3) is 0 Å². The van der Waals surface area contributed by atoms with Gasteiger partial charge < -0.3 is 15.4 Å². The van der Waals surface area contributed by atoms with Gasteiger partial charge in [0.2, 0.25) is 0 Å². The van der Waals surface area contributed by atoms with Gasteiger partial charge in [0.25, 0.3) is 0 Å². The number of aromatic nitrogens is 1. The number of nitrogens with one attached hydrogen (secondary N) is 2. The van der Waals surface area contributed by atoms with Crippen LogP contribution in [0.5, 0.6) is 0 Å². The van der Waals surface area contributed by atoms with Gasteiger partial charge in [-0.15, -0.1) is 11.3 Å². The highest BCUT2D eigenvalue weighted by Gasteiger charge is 2.16. The second-order valence-corrected chi connectivity index (χ2v) is 6.89. The minimum atomic E-state index is -0.458. The van der Waals surface area contributed by atoms with Gasteiger partial charge in [0, 0.05) is 36.6 Å². The summed E-state index contributed by atoms with van der Waals surface area (Å²) in [6.45, 7) is 11.1. The van der Waals surface area contributed by atoms with Crippen LogP contribution in [0.2, 0.25) is 0 Å². The zero-order valence-corrected chi connectivity index (χ0v) is 13.7. The number of nitrogens with zero attached hydrogens (tertiary/aromatic N) is 1. The molecule has 0 aromatic carbocycles. The molecular formula is C14H25N3O2S. The van der Waals surface area contributed by atoms with Crippen molar-refractivity contribution in [1.82, 2.24) is 15.6 Å². The molecule has 0 fully saturated rings. The molecule has 0 spiro atoms. The molecule has 0 aliphatic rings. The van der Waals surface area contributed by atoms with Crippen LogP contribution < -0.4 is 10.6 Å². The summed E-state index contributed by atoms with van der Waals surface area (Å²) in [4.78, 5) is 15.8. The van der Waals surface area contributed by atoms with Crippen LogP contribution in [0.3, 0.4) is 0 Å². The summed E-state index contributed by atoms with van der Waals surface area (Å²) in [7, 11) is 0. The van der Waals surface area contributed by atoms with Crippen molar-refractivity contribution >= 4 is 17.4 Å². The number of amides is 1. The van der Waals surface area contributed by atoms with E-state index in [0.29, 0.717) is 12.5 Å². The number of carbonyl (C=O) groups excluding carboxylic acids is 1. The minimum absolute atomic E-state index is 0.185. The van der Waals surface area contributed by atoms with Crippen LogP contribution in [0.15, 0.2) is 11.6 Å². The predicted molar refractivity (Wildman–Crippen MR) is 82.2 cm³/mol. The Morgan fingerprint density at radius 1 is 1.40 bits per heavy atom. The maximum Gasteiger partial charge on any atom is 0.407 e. The first-order valence-electron chi connectivity index (χ1n) is 6.87. The average molecular weight is 299 g/mol. The quantitative estimate of drug-likeness (QED) is 0.848. The van der Waals surface area contributed by atoms with Crippen LogP contribution >= 0.6 is 11.3 Å². The smallest absolute Gasteiger partial charge is 0.407 e. The largest absolute Gasteiger partial charge is 0.444 e. The van der Waals surface area contributed by atoms with Crippen molar-refractivity contribution in [2.75, 3.05) is 13.1 Å². The Morgan fingerprint density at radius 3 is 2.65 bits per heavy atom. The molecule has 20 heavy (non-hydrogen) atoms. The highest BCUT2D eigenvalue weighted by atomic mass is 32.1. The van der Waals surface area contributed by atoms with Crippen LogP contribution in [-0.4, -0.2) is 35.8 Å². The zero-order chi connectivity index (χ0) is 15.2. The highest BCUT2D eigenvalue weighted by molar-refractivity contribution is 7.09. The van der Waals surface area contributed by atoms with Gasteiger partial charge in [-0.2, -0.15) is 0 Å². The Bertz CT molecular complexity index is 401. The minimum Gasteiger partial charge on any atom is -0.444 e. The molecule has 1 amide bonds. The number of thiazole rings is 1. The van der Waals surface area contributed by atoms with E-state index in [1.54, 1.807) is 11.3 Å². The molecule has 0 bridgehead atoms. The molecule has 1 aromatic heterocycles. The Kier molecular flexibility index (Phi) is 6.42. The predicted octanol–water partition coefficient (Wildman–Crippen LogP) is 2.75. The van der Waals surface area contributed by atoms with E-state index in [4.69, 9.17) is 4.74 Å².